The van der Waals surface area contributed by atoms with Crippen molar-refractivity contribution in [3.05, 3.63) is 65.2 Å². The number of carbonyl (C=O) groups is 2. The van der Waals surface area contributed by atoms with Crippen molar-refractivity contribution in [1.82, 2.24) is 4.90 Å². The topological polar surface area (TPSA) is 40.6 Å². The average Bonchev–Trinajstić information content (AvgIpc) is 2.68. The zero-order chi connectivity index (χ0) is 17.8. The second kappa shape index (κ2) is 7.51. The summed E-state index contributed by atoms with van der Waals surface area (Å²) in [5.41, 5.74) is 3.46. The number of para-hydroxylation sites is 1. The maximum atomic E-state index is 12.9. The minimum atomic E-state index is -0.00557. The van der Waals surface area contributed by atoms with E-state index in [0.29, 0.717) is 24.2 Å². The number of amides is 2. The number of carbonyl (C=O) groups excluding carboxylic acids is 2. The van der Waals surface area contributed by atoms with Crippen LogP contribution in [0.3, 0.4) is 0 Å². The molecule has 4 heteroatoms. The lowest BCUT2D eigenvalue weighted by atomic mass is 10.0. The van der Waals surface area contributed by atoms with E-state index in [-0.39, 0.29) is 11.8 Å². The van der Waals surface area contributed by atoms with Gasteiger partial charge in [0.2, 0.25) is 0 Å². The van der Waals surface area contributed by atoms with Gasteiger partial charge in [0.15, 0.2) is 0 Å². The summed E-state index contributed by atoms with van der Waals surface area (Å²) in [5, 5.41) is 0. The summed E-state index contributed by atoms with van der Waals surface area (Å²) in [6, 6.07) is 15.1. The summed E-state index contributed by atoms with van der Waals surface area (Å²) >= 11 is 0. The van der Waals surface area contributed by atoms with Crippen LogP contribution in [0.1, 0.15) is 46.5 Å². The third-order valence-electron chi connectivity index (χ3n) is 4.78. The van der Waals surface area contributed by atoms with Gasteiger partial charge in [-0.2, -0.15) is 0 Å². The van der Waals surface area contributed by atoms with Crippen molar-refractivity contribution in [2.24, 2.45) is 0 Å². The molecule has 0 atom stereocenters. The average molecular weight is 336 g/mol. The molecular formula is C21H24N2O2. The van der Waals surface area contributed by atoms with Gasteiger partial charge in [-0.15, -0.1) is 0 Å². The van der Waals surface area contributed by atoms with Gasteiger partial charge in [0.1, 0.15) is 0 Å². The highest BCUT2D eigenvalue weighted by molar-refractivity contribution is 6.07. The molecule has 0 aliphatic carbocycles. The Morgan fingerprint density at radius 3 is 2.28 bits per heavy atom. The molecule has 2 amide bonds. The molecule has 1 heterocycles. The van der Waals surface area contributed by atoms with Gasteiger partial charge in [-0.25, -0.2) is 0 Å². The van der Waals surface area contributed by atoms with Gasteiger partial charge in [0.05, 0.1) is 0 Å². The van der Waals surface area contributed by atoms with Crippen molar-refractivity contribution >= 4 is 17.5 Å². The van der Waals surface area contributed by atoms with Gasteiger partial charge >= 0.3 is 0 Å². The van der Waals surface area contributed by atoms with Crippen molar-refractivity contribution in [2.45, 2.75) is 26.7 Å². The number of aryl methyl sites for hydroxylation is 1. The predicted molar refractivity (Wildman–Crippen MR) is 100 cm³/mol. The van der Waals surface area contributed by atoms with E-state index in [1.807, 2.05) is 36.9 Å². The molecule has 0 unspecified atom stereocenters. The standard InChI is InChI=1S/C21H24N2O2/c1-3-22(4-2)20(24)17-11-13-18(14-12-17)21(25)23-15-7-9-16-8-5-6-10-19(16)23/h5-6,8,10-14H,3-4,7,9,15H2,1-2H3. The van der Waals surface area contributed by atoms with Crippen molar-refractivity contribution in [3.63, 3.8) is 0 Å². The van der Waals surface area contributed by atoms with Crippen LogP contribution in [0.2, 0.25) is 0 Å². The Bertz CT molecular complexity index is 764. The number of hydrogen-bond donors (Lipinski definition) is 0. The Labute approximate surface area is 149 Å². The molecular weight excluding hydrogens is 312 g/mol. The first kappa shape index (κ1) is 17.2. The van der Waals surface area contributed by atoms with E-state index in [4.69, 9.17) is 0 Å². The first-order valence-electron chi connectivity index (χ1n) is 8.94. The Balaban J connectivity index is 1.81. The number of nitrogens with zero attached hydrogens (tertiary/aromatic N) is 2. The molecule has 2 aromatic carbocycles. The molecule has 0 aromatic heterocycles. The van der Waals surface area contributed by atoms with Crippen molar-refractivity contribution < 1.29 is 9.59 Å². The Hall–Kier alpha value is -2.62. The fourth-order valence-electron chi connectivity index (χ4n) is 3.35. The second-order valence-corrected chi connectivity index (χ2v) is 6.24. The highest BCUT2D eigenvalue weighted by Gasteiger charge is 2.23. The summed E-state index contributed by atoms with van der Waals surface area (Å²) in [7, 11) is 0. The summed E-state index contributed by atoms with van der Waals surface area (Å²) < 4.78 is 0. The summed E-state index contributed by atoms with van der Waals surface area (Å²) in [6.07, 6.45) is 1.98. The van der Waals surface area contributed by atoms with Gasteiger partial charge in [-0.1, -0.05) is 18.2 Å². The van der Waals surface area contributed by atoms with Gasteiger partial charge in [0, 0.05) is 36.4 Å². The van der Waals surface area contributed by atoms with Crippen LogP contribution in [0.5, 0.6) is 0 Å². The molecule has 2 aromatic rings. The molecule has 130 valence electrons. The third-order valence-corrected chi connectivity index (χ3v) is 4.78. The van der Waals surface area contributed by atoms with Crippen LogP contribution < -0.4 is 4.90 Å². The third kappa shape index (κ3) is 3.43. The van der Waals surface area contributed by atoms with E-state index in [1.165, 1.54) is 5.56 Å². The van der Waals surface area contributed by atoms with E-state index in [0.717, 1.165) is 25.1 Å². The normalized spacial score (nSPS) is 13.3. The highest BCUT2D eigenvalue weighted by Crippen LogP contribution is 2.28. The van der Waals surface area contributed by atoms with E-state index < -0.39 is 0 Å². The predicted octanol–water partition coefficient (Wildman–Crippen LogP) is 3.76. The van der Waals surface area contributed by atoms with Crippen LogP contribution in [0.25, 0.3) is 0 Å². The number of fused-ring (bicyclic) bond motifs is 1. The van der Waals surface area contributed by atoms with Gasteiger partial charge in [-0.3, -0.25) is 9.59 Å². The molecule has 0 spiro atoms. The maximum Gasteiger partial charge on any atom is 0.258 e. The minimum Gasteiger partial charge on any atom is -0.339 e. The molecule has 0 radical (unpaired) electrons. The number of anilines is 1. The molecule has 3 rings (SSSR count). The molecule has 1 aliphatic heterocycles. The zero-order valence-electron chi connectivity index (χ0n) is 14.9. The Morgan fingerprint density at radius 2 is 1.60 bits per heavy atom. The van der Waals surface area contributed by atoms with E-state index in [2.05, 4.69) is 6.07 Å². The number of rotatable bonds is 4. The SMILES string of the molecule is CCN(CC)C(=O)c1ccc(C(=O)N2CCCc3ccccc32)cc1. The molecule has 0 N–H and O–H groups in total. The van der Waals surface area contributed by atoms with Crippen LogP contribution in [0, 0.1) is 0 Å². The highest BCUT2D eigenvalue weighted by atomic mass is 16.2. The largest absolute Gasteiger partial charge is 0.339 e. The van der Waals surface area contributed by atoms with Crippen molar-refractivity contribution in [1.29, 1.82) is 0 Å². The summed E-state index contributed by atoms with van der Waals surface area (Å²) in [5.74, 6) is 0.00121. The number of benzene rings is 2. The van der Waals surface area contributed by atoms with E-state index in [1.54, 1.807) is 29.2 Å². The Kier molecular flexibility index (Phi) is 5.17. The minimum absolute atomic E-state index is 0.00557. The molecule has 25 heavy (non-hydrogen) atoms. The van der Waals surface area contributed by atoms with Crippen LogP contribution in [-0.2, 0) is 6.42 Å². The summed E-state index contributed by atoms with van der Waals surface area (Å²) in [6.45, 7) is 6.03. The maximum absolute atomic E-state index is 12.9. The molecule has 0 bridgehead atoms. The van der Waals surface area contributed by atoms with Crippen molar-refractivity contribution in [3.8, 4) is 0 Å². The molecule has 0 saturated carbocycles. The van der Waals surface area contributed by atoms with E-state index in [9.17, 15) is 9.59 Å². The fourth-order valence-corrected chi connectivity index (χ4v) is 3.35. The zero-order valence-corrected chi connectivity index (χ0v) is 14.9. The first-order valence-corrected chi connectivity index (χ1v) is 8.94. The fraction of sp³-hybridized carbons (Fsp3) is 0.333. The van der Waals surface area contributed by atoms with E-state index >= 15 is 0 Å². The quantitative estimate of drug-likeness (QED) is 0.853. The van der Waals surface area contributed by atoms with Gasteiger partial charge < -0.3 is 9.80 Å². The first-order chi connectivity index (χ1) is 12.2. The lowest BCUT2D eigenvalue weighted by Crippen LogP contribution is -2.35. The molecule has 1 aliphatic rings. The van der Waals surface area contributed by atoms with Crippen LogP contribution >= 0.6 is 0 Å². The lowest BCUT2D eigenvalue weighted by Gasteiger charge is -2.29. The Morgan fingerprint density at radius 1 is 0.960 bits per heavy atom. The summed E-state index contributed by atoms with van der Waals surface area (Å²) in [4.78, 5) is 28.9. The van der Waals surface area contributed by atoms with Gasteiger partial charge in [0.25, 0.3) is 11.8 Å². The monoisotopic (exact) mass is 336 g/mol. The molecule has 4 nitrogen and oxygen atoms in total. The van der Waals surface area contributed by atoms with Crippen LogP contribution in [0.15, 0.2) is 48.5 Å². The van der Waals surface area contributed by atoms with Crippen LogP contribution in [0.4, 0.5) is 5.69 Å². The van der Waals surface area contributed by atoms with Crippen molar-refractivity contribution in [2.75, 3.05) is 24.5 Å². The molecule has 0 fully saturated rings. The van der Waals surface area contributed by atoms with Gasteiger partial charge in [-0.05, 0) is 62.6 Å². The van der Waals surface area contributed by atoms with Crippen LogP contribution in [-0.4, -0.2) is 36.3 Å². The molecule has 0 saturated heterocycles. The second-order valence-electron chi connectivity index (χ2n) is 6.24. The smallest absolute Gasteiger partial charge is 0.258 e. The lowest BCUT2D eigenvalue weighted by molar-refractivity contribution is 0.0772. The number of hydrogen-bond acceptors (Lipinski definition) is 2.